The number of rotatable bonds is 4. The summed E-state index contributed by atoms with van der Waals surface area (Å²) in [5.74, 6) is 0.435. The topological polar surface area (TPSA) is 23.5 Å². The molecule has 2 nitrogen and oxygen atoms in total. The lowest BCUT2D eigenvalue weighted by Crippen LogP contribution is -2.35. The van der Waals surface area contributed by atoms with E-state index in [0.717, 1.165) is 32.5 Å². The van der Waals surface area contributed by atoms with Crippen molar-refractivity contribution in [3.05, 3.63) is 35.4 Å². The van der Waals surface area contributed by atoms with E-state index in [-0.39, 0.29) is 0 Å². The smallest absolute Gasteiger partial charge is 0.0471 e. The Morgan fingerprint density at radius 3 is 2.75 bits per heavy atom. The van der Waals surface area contributed by atoms with Gasteiger partial charge in [-0.15, -0.1) is 0 Å². The van der Waals surface area contributed by atoms with Gasteiger partial charge in [-0.05, 0) is 29.9 Å². The lowest BCUT2D eigenvalue weighted by atomic mass is 9.98. The van der Waals surface area contributed by atoms with Crippen molar-refractivity contribution in [2.75, 3.05) is 19.7 Å². The minimum absolute atomic E-state index is 0.314. The number of benzene rings is 1. The fraction of sp³-hybridized carbons (Fsp3) is 0.571. The Morgan fingerprint density at radius 1 is 1.31 bits per heavy atom. The molecule has 1 aromatic rings. The summed E-state index contributed by atoms with van der Waals surface area (Å²) >= 11 is 0. The minimum Gasteiger partial charge on any atom is -0.396 e. The molecular formula is C14H21NO. The van der Waals surface area contributed by atoms with E-state index in [1.54, 1.807) is 0 Å². The van der Waals surface area contributed by atoms with Crippen LogP contribution < -0.4 is 0 Å². The van der Waals surface area contributed by atoms with Crippen LogP contribution in [0.3, 0.4) is 0 Å². The summed E-state index contributed by atoms with van der Waals surface area (Å²) in [5.41, 5.74) is 2.96. The molecule has 16 heavy (non-hydrogen) atoms. The molecule has 0 aliphatic carbocycles. The highest BCUT2D eigenvalue weighted by molar-refractivity contribution is 5.28. The van der Waals surface area contributed by atoms with Gasteiger partial charge in [-0.1, -0.05) is 31.2 Å². The van der Waals surface area contributed by atoms with Crippen LogP contribution in [0.5, 0.6) is 0 Å². The summed E-state index contributed by atoms with van der Waals surface area (Å²) in [6, 6.07) is 8.69. The Balaban J connectivity index is 1.97. The number of hydrogen-bond acceptors (Lipinski definition) is 2. The van der Waals surface area contributed by atoms with Crippen LogP contribution in [0.2, 0.25) is 0 Å². The predicted molar refractivity (Wildman–Crippen MR) is 66.3 cm³/mol. The predicted octanol–water partition coefficient (Wildman–Crippen LogP) is 2.06. The number of aliphatic hydroxyl groups is 1. The fourth-order valence-electron chi connectivity index (χ4n) is 2.39. The van der Waals surface area contributed by atoms with Crippen LogP contribution in [0.1, 0.15) is 24.5 Å². The van der Waals surface area contributed by atoms with Gasteiger partial charge >= 0.3 is 0 Å². The first kappa shape index (κ1) is 11.6. The lowest BCUT2D eigenvalue weighted by Gasteiger charge is -2.31. The summed E-state index contributed by atoms with van der Waals surface area (Å²) < 4.78 is 0. The summed E-state index contributed by atoms with van der Waals surface area (Å²) in [6.45, 7) is 5.68. The first-order chi connectivity index (χ1) is 7.83. The van der Waals surface area contributed by atoms with Crippen LogP contribution in [0.15, 0.2) is 24.3 Å². The fourth-order valence-corrected chi connectivity index (χ4v) is 2.39. The lowest BCUT2D eigenvalue weighted by molar-refractivity contribution is 0.151. The second-order valence-corrected chi connectivity index (χ2v) is 4.71. The first-order valence-corrected chi connectivity index (χ1v) is 6.23. The highest BCUT2D eigenvalue weighted by Gasteiger charge is 2.18. The first-order valence-electron chi connectivity index (χ1n) is 6.23. The highest BCUT2D eigenvalue weighted by atomic mass is 16.3. The van der Waals surface area contributed by atoms with E-state index < -0.39 is 0 Å². The summed E-state index contributed by atoms with van der Waals surface area (Å²) in [4.78, 5) is 2.46. The van der Waals surface area contributed by atoms with Crippen LogP contribution in [-0.2, 0) is 13.0 Å². The van der Waals surface area contributed by atoms with Crippen molar-refractivity contribution < 1.29 is 5.11 Å². The minimum atomic E-state index is 0.314. The van der Waals surface area contributed by atoms with Gasteiger partial charge in [0.05, 0.1) is 0 Å². The molecule has 1 aliphatic rings. The van der Waals surface area contributed by atoms with Gasteiger partial charge in [0.1, 0.15) is 0 Å². The van der Waals surface area contributed by atoms with Crippen LogP contribution in [0, 0.1) is 5.92 Å². The van der Waals surface area contributed by atoms with Crippen LogP contribution in [-0.4, -0.2) is 29.7 Å². The number of hydrogen-bond donors (Lipinski definition) is 1. The summed E-state index contributed by atoms with van der Waals surface area (Å²) in [7, 11) is 0. The normalized spacial score (nSPS) is 18.1. The van der Waals surface area contributed by atoms with Gasteiger partial charge in [-0.25, -0.2) is 0 Å². The second-order valence-electron chi connectivity index (χ2n) is 4.71. The molecule has 0 amide bonds. The molecule has 0 spiro atoms. The molecule has 0 radical (unpaired) electrons. The molecule has 0 fully saturated rings. The molecule has 2 heteroatoms. The van der Waals surface area contributed by atoms with Crippen molar-refractivity contribution in [1.82, 2.24) is 4.90 Å². The molecule has 0 bridgehead atoms. The standard InChI is InChI=1S/C14H21NO/c1-2-12(11-16)9-15-8-7-13-5-3-4-6-14(13)10-15/h3-6,12,16H,2,7-11H2,1H3. The van der Waals surface area contributed by atoms with Crippen molar-refractivity contribution in [3.63, 3.8) is 0 Å². The van der Waals surface area contributed by atoms with Gasteiger partial charge in [0.25, 0.3) is 0 Å². The maximum absolute atomic E-state index is 9.23. The number of fused-ring (bicyclic) bond motifs is 1. The molecule has 1 N–H and O–H groups in total. The molecule has 0 saturated heterocycles. The van der Waals surface area contributed by atoms with Crippen LogP contribution in [0.4, 0.5) is 0 Å². The zero-order valence-electron chi connectivity index (χ0n) is 10.0. The van der Waals surface area contributed by atoms with Crippen molar-refractivity contribution >= 4 is 0 Å². The summed E-state index contributed by atoms with van der Waals surface area (Å²) in [6.07, 6.45) is 2.21. The SMILES string of the molecule is CCC(CO)CN1CCc2ccccc2C1. The zero-order chi connectivity index (χ0) is 11.4. The van der Waals surface area contributed by atoms with E-state index in [1.165, 1.54) is 11.1 Å². The van der Waals surface area contributed by atoms with Gasteiger partial charge < -0.3 is 5.11 Å². The third-order valence-electron chi connectivity index (χ3n) is 3.56. The van der Waals surface area contributed by atoms with Crippen molar-refractivity contribution in [2.45, 2.75) is 26.3 Å². The van der Waals surface area contributed by atoms with E-state index in [4.69, 9.17) is 0 Å². The van der Waals surface area contributed by atoms with Gasteiger partial charge in [-0.2, -0.15) is 0 Å². The Bertz CT molecular complexity index is 333. The largest absolute Gasteiger partial charge is 0.396 e. The molecule has 88 valence electrons. The molecule has 1 heterocycles. The molecule has 1 aliphatic heterocycles. The average molecular weight is 219 g/mol. The molecule has 1 aromatic carbocycles. The molecule has 0 aromatic heterocycles. The zero-order valence-corrected chi connectivity index (χ0v) is 10.0. The quantitative estimate of drug-likeness (QED) is 0.838. The number of nitrogens with zero attached hydrogens (tertiary/aromatic N) is 1. The summed E-state index contributed by atoms with van der Waals surface area (Å²) in [5, 5.41) is 9.23. The Labute approximate surface area is 97.9 Å². The van der Waals surface area contributed by atoms with E-state index in [2.05, 4.69) is 36.1 Å². The maximum atomic E-state index is 9.23. The van der Waals surface area contributed by atoms with E-state index in [9.17, 15) is 5.11 Å². The average Bonchev–Trinajstić information content (AvgIpc) is 2.35. The van der Waals surface area contributed by atoms with Crippen molar-refractivity contribution in [2.24, 2.45) is 5.92 Å². The second kappa shape index (κ2) is 5.46. The highest BCUT2D eigenvalue weighted by Crippen LogP contribution is 2.19. The Kier molecular flexibility index (Phi) is 3.97. The third-order valence-corrected chi connectivity index (χ3v) is 3.56. The molecular weight excluding hydrogens is 198 g/mol. The third kappa shape index (κ3) is 2.63. The number of aliphatic hydroxyl groups excluding tert-OH is 1. The molecule has 2 rings (SSSR count). The van der Waals surface area contributed by atoms with Crippen molar-refractivity contribution in [3.8, 4) is 0 Å². The Hall–Kier alpha value is -0.860. The van der Waals surface area contributed by atoms with Crippen molar-refractivity contribution in [1.29, 1.82) is 0 Å². The molecule has 0 saturated carbocycles. The Morgan fingerprint density at radius 2 is 2.06 bits per heavy atom. The van der Waals surface area contributed by atoms with E-state index >= 15 is 0 Å². The van der Waals surface area contributed by atoms with E-state index in [0.29, 0.717) is 12.5 Å². The molecule has 1 unspecified atom stereocenters. The van der Waals surface area contributed by atoms with Gasteiger partial charge in [0.15, 0.2) is 0 Å². The van der Waals surface area contributed by atoms with Gasteiger partial charge in [0, 0.05) is 26.2 Å². The molecule has 1 atom stereocenters. The van der Waals surface area contributed by atoms with E-state index in [1.807, 2.05) is 0 Å². The van der Waals surface area contributed by atoms with Gasteiger partial charge in [0.2, 0.25) is 0 Å². The van der Waals surface area contributed by atoms with Crippen LogP contribution in [0.25, 0.3) is 0 Å². The van der Waals surface area contributed by atoms with Gasteiger partial charge in [-0.3, -0.25) is 4.90 Å². The van der Waals surface area contributed by atoms with Crippen LogP contribution >= 0.6 is 0 Å². The monoisotopic (exact) mass is 219 g/mol. The maximum Gasteiger partial charge on any atom is 0.0471 e.